The second-order valence-electron chi connectivity index (χ2n) is 6.26. The van der Waals surface area contributed by atoms with Gasteiger partial charge in [0.2, 0.25) is 0 Å². The van der Waals surface area contributed by atoms with E-state index in [-0.39, 0.29) is 11.8 Å². The molecule has 1 atom stereocenters. The van der Waals surface area contributed by atoms with Gasteiger partial charge in [-0.15, -0.1) is 0 Å². The molecule has 3 nitrogen and oxygen atoms in total. The number of hydrogen-bond acceptors (Lipinski definition) is 3. The average molecular weight is 296 g/mol. The van der Waals surface area contributed by atoms with Gasteiger partial charge in [-0.3, -0.25) is 4.98 Å². The summed E-state index contributed by atoms with van der Waals surface area (Å²) in [5, 5.41) is 13.3. The molecule has 1 aliphatic rings. The molecule has 0 bridgehead atoms. The SMILES string of the molecule is Cc1ccc(O)c(CN[C@H](C)c2ccc3c(c2)CCCC3)n1. The number of aromatic hydroxyl groups is 1. The summed E-state index contributed by atoms with van der Waals surface area (Å²) in [4.78, 5) is 4.40. The maximum Gasteiger partial charge on any atom is 0.138 e. The van der Waals surface area contributed by atoms with Crippen molar-refractivity contribution in [3.63, 3.8) is 0 Å². The second-order valence-corrected chi connectivity index (χ2v) is 6.26. The van der Waals surface area contributed by atoms with Crippen molar-refractivity contribution in [2.45, 2.75) is 52.1 Å². The van der Waals surface area contributed by atoms with Crippen molar-refractivity contribution < 1.29 is 5.11 Å². The fraction of sp³-hybridized carbons (Fsp3) is 0.421. The standard InChI is InChI=1S/C19H24N2O/c1-13-7-10-19(22)18(21-13)12-20-14(2)16-9-8-15-5-3-4-6-17(15)11-16/h7-11,14,20,22H,3-6,12H2,1-2H3/t14-/m1/s1. The summed E-state index contributed by atoms with van der Waals surface area (Å²) >= 11 is 0. The van der Waals surface area contributed by atoms with E-state index in [1.165, 1.54) is 42.4 Å². The Balaban J connectivity index is 1.69. The molecule has 0 spiro atoms. The van der Waals surface area contributed by atoms with Crippen molar-refractivity contribution in [2.24, 2.45) is 0 Å². The summed E-state index contributed by atoms with van der Waals surface area (Å²) in [5.74, 6) is 0.260. The zero-order valence-corrected chi connectivity index (χ0v) is 13.4. The molecule has 2 aromatic rings. The van der Waals surface area contributed by atoms with Crippen molar-refractivity contribution in [1.82, 2.24) is 10.3 Å². The summed E-state index contributed by atoms with van der Waals surface area (Å²) in [5.41, 5.74) is 5.97. The summed E-state index contributed by atoms with van der Waals surface area (Å²) in [6.45, 7) is 4.68. The van der Waals surface area contributed by atoms with Gasteiger partial charge in [0.05, 0.1) is 5.69 Å². The quantitative estimate of drug-likeness (QED) is 0.901. The Kier molecular flexibility index (Phi) is 4.44. The number of rotatable bonds is 4. The molecule has 3 heteroatoms. The van der Waals surface area contributed by atoms with Gasteiger partial charge in [0.1, 0.15) is 5.75 Å². The van der Waals surface area contributed by atoms with Crippen LogP contribution in [0.2, 0.25) is 0 Å². The Hall–Kier alpha value is -1.87. The van der Waals surface area contributed by atoms with Crippen LogP contribution in [0.25, 0.3) is 0 Å². The van der Waals surface area contributed by atoms with Gasteiger partial charge in [-0.2, -0.15) is 0 Å². The smallest absolute Gasteiger partial charge is 0.138 e. The largest absolute Gasteiger partial charge is 0.506 e. The lowest BCUT2D eigenvalue weighted by molar-refractivity contribution is 0.454. The number of aromatic nitrogens is 1. The third kappa shape index (κ3) is 3.30. The molecule has 0 amide bonds. The maximum absolute atomic E-state index is 9.87. The van der Waals surface area contributed by atoms with E-state index in [1.54, 1.807) is 6.07 Å². The number of fused-ring (bicyclic) bond motifs is 1. The first-order chi connectivity index (χ1) is 10.6. The normalized spacial score (nSPS) is 15.4. The third-order valence-electron chi connectivity index (χ3n) is 4.54. The van der Waals surface area contributed by atoms with Crippen molar-refractivity contribution in [1.29, 1.82) is 0 Å². The topological polar surface area (TPSA) is 45.1 Å². The summed E-state index contributed by atoms with van der Waals surface area (Å²) in [6, 6.07) is 10.6. The molecule has 0 fully saturated rings. The van der Waals surface area contributed by atoms with E-state index in [0.717, 1.165) is 5.69 Å². The fourth-order valence-corrected chi connectivity index (χ4v) is 3.12. The monoisotopic (exact) mass is 296 g/mol. The van der Waals surface area contributed by atoms with E-state index in [4.69, 9.17) is 0 Å². The molecule has 0 aliphatic heterocycles. The molecule has 22 heavy (non-hydrogen) atoms. The number of aryl methyl sites for hydroxylation is 3. The molecule has 1 aromatic heterocycles. The molecule has 0 saturated heterocycles. The summed E-state index contributed by atoms with van der Waals surface area (Å²) < 4.78 is 0. The number of benzene rings is 1. The first kappa shape index (κ1) is 15.0. The predicted octanol–water partition coefficient (Wildman–Crippen LogP) is 3.83. The van der Waals surface area contributed by atoms with E-state index in [2.05, 4.69) is 35.4 Å². The van der Waals surface area contributed by atoms with Crippen LogP contribution in [-0.2, 0) is 19.4 Å². The van der Waals surface area contributed by atoms with Crippen LogP contribution in [0.4, 0.5) is 0 Å². The fourth-order valence-electron chi connectivity index (χ4n) is 3.12. The van der Waals surface area contributed by atoms with Gasteiger partial charge in [-0.25, -0.2) is 0 Å². The molecule has 2 N–H and O–H groups in total. The molecule has 1 aromatic carbocycles. The van der Waals surface area contributed by atoms with E-state index >= 15 is 0 Å². The van der Waals surface area contributed by atoms with Gasteiger partial charge in [0.25, 0.3) is 0 Å². The summed E-state index contributed by atoms with van der Waals surface area (Å²) in [7, 11) is 0. The highest BCUT2D eigenvalue weighted by Crippen LogP contribution is 2.25. The highest BCUT2D eigenvalue weighted by atomic mass is 16.3. The molecule has 0 unspecified atom stereocenters. The van der Waals surface area contributed by atoms with Crippen LogP contribution in [0, 0.1) is 6.92 Å². The first-order valence-corrected chi connectivity index (χ1v) is 8.14. The minimum absolute atomic E-state index is 0.244. The maximum atomic E-state index is 9.87. The lowest BCUT2D eigenvalue weighted by Gasteiger charge is -2.20. The Morgan fingerprint density at radius 1 is 1.14 bits per heavy atom. The van der Waals surface area contributed by atoms with Gasteiger partial charge < -0.3 is 10.4 Å². The third-order valence-corrected chi connectivity index (χ3v) is 4.54. The van der Waals surface area contributed by atoms with Gasteiger partial charge in [0.15, 0.2) is 0 Å². The van der Waals surface area contributed by atoms with Gasteiger partial charge >= 0.3 is 0 Å². The molecule has 0 radical (unpaired) electrons. The van der Waals surface area contributed by atoms with Gasteiger partial charge in [-0.05, 0) is 68.4 Å². The van der Waals surface area contributed by atoms with Crippen molar-refractivity contribution in [2.75, 3.05) is 0 Å². The highest BCUT2D eigenvalue weighted by molar-refractivity contribution is 5.35. The average Bonchev–Trinajstić information content (AvgIpc) is 2.55. The van der Waals surface area contributed by atoms with E-state index in [1.807, 2.05) is 13.0 Å². The van der Waals surface area contributed by atoms with E-state index < -0.39 is 0 Å². The zero-order chi connectivity index (χ0) is 15.5. The van der Waals surface area contributed by atoms with Crippen LogP contribution in [0.1, 0.15) is 53.9 Å². The number of nitrogens with zero attached hydrogens (tertiary/aromatic N) is 1. The van der Waals surface area contributed by atoms with E-state index in [9.17, 15) is 5.11 Å². The second kappa shape index (κ2) is 6.49. The number of nitrogens with one attached hydrogen (secondary N) is 1. The van der Waals surface area contributed by atoms with Crippen LogP contribution >= 0.6 is 0 Å². The molecule has 0 saturated carbocycles. The molecular formula is C19H24N2O. The Morgan fingerprint density at radius 2 is 1.91 bits per heavy atom. The van der Waals surface area contributed by atoms with Crippen molar-refractivity contribution in [3.8, 4) is 5.75 Å². The molecule has 1 heterocycles. The minimum Gasteiger partial charge on any atom is -0.506 e. The molecular weight excluding hydrogens is 272 g/mol. The summed E-state index contributed by atoms with van der Waals surface area (Å²) in [6.07, 6.45) is 5.05. The van der Waals surface area contributed by atoms with Crippen LogP contribution in [0.3, 0.4) is 0 Å². The highest BCUT2D eigenvalue weighted by Gasteiger charge is 2.13. The molecule has 116 valence electrons. The van der Waals surface area contributed by atoms with Crippen molar-refractivity contribution in [3.05, 3.63) is 58.4 Å². The van der Waals surface area contributed by atoms with Crippen LogP contribution in [0.15, 0.2) is 30.3 Å². The molecule has 3 rings (SSSR count). The number of hydrogen-bond donors (Lipinski definition) is 2. The van der Waals surface area contributed by atoms with Crippen LogP contribution < -0.4 is 5.32 Å². The van der Waals surface area contributed by atoms with Crippen LogP contribution in [0.5, 0.6) is 5.75 Å². The van der Waals surface area contributed by atoms with Crippen molar-refractivity contribution >= 4 is 0 Å². The van der Waals surface area contributed by atoms with Crippen LogP contribution in [-0.4, -0.2) is 10.1 Å². The minimum atomic E-state index is 0.244. The lowest BCUT2D eigenvalue weighted by atomic mass is 9.89. The number of pyridine rings is 1. The zero-order valence-electron chi connectivity index (χ0n) is 13.4. The lowest BCUT2D eigenvalue weighted by Crippen LogP contribution is -2.19. The Labute approximate surface area is 132 Å². The Morgan fingerprint density at radius 3 is 2.73 bits per heavy atom. The van der Waals surface area contributed by atoms with Gasteiger partial charge in [-0.1, -0.05) is 18.2 Å². The predicted molar refractivity (Wildman–Crippen MR) is 89.0 cm³/mol. The van der Waals surface area contributed by atoms with E-state index in [0.29, 0.717) is 12.2 Å². The Bertz CT molecular complexity index is 666. The first-order valence-electron chi connectivity index (χ1n) is 8.14. The van der Waals surface area contributed by atoms with Gasteiger partial charge in [0, 0.05) is 18.3 Å². The molecule has 1 aliphatic carbocycles.